The van der Waals surface area contributed by atoms with Gasteiger partial charge < -0.3 is 14.2 Å². The zero-order chi connectivity index (χ0) is 48.1. The highest BCUT2D eigenvalue weighted by atomic mass is 16.6. The highest BCUT2D eigenvalue weighted by molar-refractivity contribution is 5.71. The van der Waals surface area contributed by atoms with Crippen molar-refractivity contribution in [2.75, 3.05) is 13.2 Å². The van der Waals surface area contributed by atoms with Crippen molar-refractivity contribution in [3.05, 3.63) is 0 Å². The van der Waals surface area contributed by atoms with Gasteiger partial charge in [-0.2, -0.15) is 0 Å². The number of rotatable bonds is 55. The van der Waals surface area contributed by atoms with Crippen molar-refractivity contribution >= 4 is 17.9 Å². The first-order valence-electron chi connectivity index (χ1n) is 29.9. The van der Waals surface area contributed by atoms with E-state index in [1.807, 2.05) is 0 Å². The van der Waals surface area contributed by atoms with E-state index < -0.39 is 6.10 Å². The van der Waals surface area contributed by atoms with Crippen molar-refractivity contribution in [1.29, 1.82) is 0 Å². The molecule has 0 aliphatic rings. The molecule has 0 saturated carbocycles. The number of esters is 3. The second-order valence-corrected chi connectivity index (χ2v) is 21.1. The normalized spacial score (nSPS) is 12.0. The highest BCUT2D eigenvalue weighted by Gasteiger charge is 2.19. The van der Waals surface area contributed by atoms with Crippen molar-refractivity contribution < 1.29 is 28.6 Å². The van der Waals surface area contributed by atoms with Crippen LogP contribution in [0.4, 0.5) is 0 Å². The van der Waals surface area contributed by atoms with Gasteiger partial charge in [0.1, 0.15) is 13.2 Å². The first-order valence-corrected chi connectivity index (χ1v) is 29.9. The summed E-state index contributed by atoms with van der Waals surface area (Å²) in [6.45, 7) is 9.07. The SMILES string of the molecule is CCCCCCCCCCCCCCCCCCCCCC(=O)OC[C@@H](COC(=O)CCCCCCCCCCCCCC)OC(=O)CCCCCCCCCCCCCCCCC(C)C. The standard InChI is InChI=1S/C60H116O6/c1-5-7-9-11-13-15-17-19-20-21-22-23-24-28-32-36-40-44-48-52-59(62)65-55-57(54-64-58(61)51-47-43-39-35-31-18-16-14-12-10-8-6-2)66-60(63)53-49-45-41-37-33-29-26-25-27-30-34-38-42-46-50-56(3)4/h56-57H,5-55H2,1-4H3/t57-/m1/s1. The van der Waals surface area contributed by atoms with Crippen LogP contribution < -0.4 is 0 Å². The highest BCUT2D eigenvalue weighted by Crippen LogP contribution is 2.18. The molecule has 6 heteroatoms. The van der Waals surface area contributed by atoms with E-state index in [2.05, 4.69) is 27.7 Å². The molecule has 0 aromatic heterocycles. The lowest BCUT2D eigenvalue weighted by Crippen LogP contribution is -2.30. The molecule has 0 radical (unpaired) electrons. The fourth-order valence-corrected chi connectivity index (χ4v) is 9.28. The monoisotopic (exact) mass is 933 g/mol. The summed E-state index contributed by atoms with van der Waals surface area (Å²) in [5.74, 6) is 0.00982. The molecule has 0 amide bonds. The molecule has 0 heterocycles. The molecule has 0 aromatic rings. The minimum absolute atomic E-state index is 0.0616. The molecule has 392 valence electrons. The molecule has 6 nitrogen and oxygen atoms in total. The molecule has 66 heavy (non-hydrogen) atoms. The smallest absolute Gasteiger partial charge is 0.306 e. The van der Waals surface area contributed by atoms with Crippen molar-refractivity contribution in [3.8, 4) is 0 Å². The number of hydrogen-bond donors (Lipinski definition) is 0. The number of carbonyl (C=O) groups is 3. The van der Waals surface area contributed by atoms with Gasteiger partial charge in [-0.05, 0) is 25.2 Å². The maximum Gasteiger partial charge on any atom is 0.306 e. The Morgan fingerprint density at radius 3 is 0.742 bits per heavy atom. The molecule has 0 aromatic carbocycles. The molecule has 0 saturated heterocycles. The van der Waals surface area contributed by atoms with Crippen molar-refractivity contribution in [2.24, 2.45) is 5.92 Å². The Hall–Kier alpha value is -1.59. The molecular weight excluding hydrogens is 817 g/mol. The van der Waals surface area contributed by atoms with Crippen LogP contribution in [0.2, 0.25) is 0 Å². The van der Waals surface area contributed by atoms with E-state index in [1.165, 1.54) is 238 Å². The van der Waals surface area contributed by atoms with E-state index in [-0.39, 0.29) is 31.1 Å². The fourth-order valence-electron chi connectivity index (χ4n) is 9.28. The van der Waals surface area contributed by atoms with Crippen LogP contribution in [0.5, 0.6) is 0 Å². The predicted octanol–water partition coefficient (Wildman–Crippen LogP) is 19.8. The van der Waals surface area contributed by atoms with E-state index in [9.17, 15) is 14.4 Å². The molecule has 0 aliphatic carbocycles. The maximum absolute atomic E-state index is 12.9. The van der Waals surface area contributed by atoms with Crippen molar-refractivity contribution in [3.63, 3.8) is 0 Å². The summed E-state index contributed by atoms with van der Waals surface area (Å²) in [5, 5.41) is 0. The Kier molecular flexibility index (Phi) is 53.0. The third kappa shape index (κ3) is 53.4. The van der Waals surface area contributed by atoms with Crippen LogP contribution in [-0.4, -0.2) is 37.2 Å². The summed E-state index contributed by atoms with van der Waals surface area (Å²) in [4.78, 5) is 38.2. The van der Waals surface area contributed by atoms with E-state index in [0.717, 1.165) is 63.7 Å². The minimum atomic E-state index is -0.762. The molecule has 0 unspecified atom stereocenters. The van der Waals surface area contributed by atoms with Gasteiger partial charge in [0.15, 0.2) is 6.10 Å². The Labute approximate surface area is 412 Å². The van der Waals surface area contributed by atoms with Gasteiger partial charge in [0, 0.05) is 19.3 Å². The molecule has 0 rings (SSSR count). The van der Waals surface area contributed by atoms with Crippen molar-refractivity contribution in [1.82, 2.24) is 0 Å². The number of ether oxygens (including phenoxy) is 3. The molecule has 0 fully saturated rings. The Bertz CT molecular complexity index is 996. The summed E-state index contributed by atoms with van der Waals surface area (Å²) in [6, 6.07) is 0. The fraction of sp³-hybridized carbons (Fsp3) is 0.950. The van der Waals surface area contributed by atoms with Crippen LogP contribution in [0.25, 0.3) is 0 Å². The second kappa shape index (κ2) is 54.4. The van der Waals surface area contributed by atoms with E-state index in [4.69, 9.17) is 14.2 Å². The topological polar surface area (TPSA) is 78.9 Å². The van der Waals surface area contributed by atoms with Crippen LogP contribution in [-0.2, 0) is 28.6 Å². The molecule has 0 spiro atoms. The number of hydrogen-bond acceptors (Lipinski definition) is 6. The minimum Gasteiger partial charge on any atom is -0.462 e. The van der Waals surface area contributed by atoms with Gasteiger partial charge in [0.05, 0.1) is 0 Å². The largest absolute Gasteiger partial charge is 0.462 e. The van der Waals surface area contributed by atoms with Gasteiger partial charge in [0.2, 0.25) is 0 Å². The first-order chi connectivity index (χ1) is 32.4. The lowest BCUT2D eigenvalue weighted by Gasteiger charge is -2.18. The lowest BCUT2D eigenvalue weighted by atomic mass is 10.0. The Balaban J connectivity index is 4.26. The number of unbranched alkanes of at least 4 members (excludes halogenated alkanes) is 42. The maximum atomic E-state index is 12.9. The van der Waals surface area contributed by atoms with Crippen LogP contribution in [0.15, 0.2) is 0 Å². The average molecular weight is 934 g/mol. The summed E-state index contributed by atoms with van der Waals surface area (Å²) in [5.41, 5.74) is 0. The summed E-state index contributed by atoms with van der Waals surface area (Å²) in [6.07, 6.45) is 59.5. The zero-order valence-corrected chi connectivity index (χ0v) is 45.2. The summed E-state index contributed by atoms with van der Waals surface area (Å²) in [7, 11) is 0. The van der Waals surface area contributed by atoms with Gasteiger partial charge in [-0.25, -0.2) is 0 Å². The van der Waals surface area contributed by atoms with E-state index in [0.29, 0.717) is 19.3 Å². The van der Waals surface area contributed by atoms with Crippen LogP contribution in [0.3, 0.4) is 0 Å². The van der Waals surface area contributed by atoms with Gasteiger partial charge in [-0.1, -0.05) is 304 Å². The van der Waals surface area contributed by atoms with Gasteiger partial charge >= 0.3 is 17.9 Å². The van der Waals surface area contributed by atoms with Crippen LogP contribution in [0.1, 0.15) is 342 Å². The van der Waals surface area contributed by atoms with E-state index >= 15 is 0 Å². The third-order valence-electron chi connectivity index (χ3n) is 13.8. The molecule has 0 N–H and O–H groups in total. The first kappa shape index (κ1) is 64.4. The van der Waals surface area contributed by atoms with E-state index in [1.54, 1.807) is 0 Å². The predicted molar refractivity (Wildman–Crippen MR) is 284 cm³/mol. The van der Waals surface area contributed by atoms with Crippen LogP contribution in [0, 0.1) is 5.92 Å². The Morgan fingerprint density at radius 1 is 0.288 bits per heavy atom. The molecular formula is C60H116O6. The third-order valence-corrected chi connectivity index (χ3v) is 13.8. The number of carbonyl (C=O) groups excluding carboxylic acids is 3. The van der Waals surface area contributed by atoms with Gasteiger partial charge in [0.25, 0.3) is 0 Å². The van der Waals surface area contributed by atoms with Gasteiger partial charge in [-0.3, -0.25) is 14.4 Å². The molecule has 0 aliphatic heterocycles. The molecule has 1 atom stereocenters. The average Bonchev–Trinajstić information content (AvgIpc) is 3.30. The zero-order valence-electron chi connectivity index (χ0n) is 45.2. The Morgan fingerprint density at radius 2 is 0.500 bits per heavy atom. The summed E-state index contributed by atoms with van der Waals surface area (Å²) < 4.78 is 16.9. The second-order valence-electron chi connectivity index (χ2n) is 21.1. The van der Waals surface area contributed by atoms with Crippen molar-refractivity contribution in [2.45, 2.75) is 348 Å². The summed E-state index contributed by atoms with van der Waals surface area (Å²) >= 11 is 0. The lowest BCUT2D eigenvalue weighted by molar-refractivity contribution is -0.167. The van der Waals surface area contributed by atoms with Crippen LogP contribution >= 0.6 is 0 Å². The quantitative estimate of drug-likeness (QED) is 0.0343. The molecule has 0 bridgehead atoms. The van der Waals surface area contributed by atoms with Gasteiger partial charge in [-0.15, -0.1) is 0 Å².